The molecule has 1 aromatic carbocycles. The molecule has 0 aliphatic heterocycles. The minimum Gasteiger partial charge on any atom is -0.396 e. The van der Waals surface area contributed by atoms with E-state index in [-0.39, 0.29) is 5.69 Å². The van der Waals surface area contributed by atoms with Gasteiger partial charge in [0.25, 0.3) is 0 Å². The maximum absolute atomic E-state index is 13.1. The average Bonchev–Trinajstić information content (AvgIpc) is 2.32. The molecule has 1 aromatic rings. The molecular formula is C12H18FN3O. The summed E-state index contributed by atoms with van der Waals surface area (Å²) in [6.07, 6.45) is 1.64. The first-order chi connectivity index (χ1) is 8.19. The largest absolute Gasteiger partial charge is 0.396 e. The summed E-state index contributed by atoms with van der Waals surface area (Å²) < 4.78 is 13.1. The van der Waals surface area contributed by atoms with Gasteiger partial charge in [-0.05, 0) is 24.6 Å². The lowest BCUT2D eigenvalue weighted by molar-refractivity contribution is -0.109. The van der Waals surface area contributed by atoms with Crippen LogP contribution in [-0.4, -0.2) is 26.0 Å². The van der Waals surface area contributed by atoms with Crippen LogP contribution < -0.4 is 16.0 Å². The van der Waals surface area contributed by atoms with Crippen molar-refractivity contribution in [2.75, 3.05) is 30.3 Å². The van der Waals surface area contributed by atoms with Crippen molar-refractivity contribution >= 4 is 17.8 Å². The van der Waals surface area contributed by atoms with Crippen molar-refractivity contribution < 1.29 is 9.18 Å². The van der Waals surface area contributed by atoms with Crippen LogP contribution in [0.25, 0.3) is 0 Å². The Hall–Kier alpha value is -1.78. The van der Waals surface area contributed by atoms with Crippen molar-refractivity contribution in [3.63, 3.8) is 0 Å². The highest BCUT2D eigenvalue weighted by Gasteiger charge is 2.07. The second kappa shape index (κ2) is 6.73. The Morgan fingerprint density at radius 1 is 1.47 bits per heavy atom. The molecule has 0 aliphatic carbocycles. The minimum atomic E-state index is -0.406. The SMILES string of the molecule is CCCN(CCNC=O)c1ccc(F)c(N)c1. The number of nitrogens with one attached hydrogen (secondary N) is 1. The van der Waals surface area contributed by atoms with Crippen molar-refractivity contribution in [3.05, 3.63) is 24.0 Å². The van der Waals surface area contributed by atoms with Crippen LogP contribution in [0.2, 0.25) is 0 Å². The van der Waals surface area contributed by atoms with Crippen LogP contribution in [0.3, 0.4) is 0 Å². The van der Waals surface area contributed by atoms with E-state index in [1.807, 2.05) is 0 Å². The molecule has 0 aromatic heterocycles. The highest BCUT2D eigenvalue weighted by molar-refractivity contribution is 5.57. The summed E-state index contributed by atoms with van der Waals surface area (Å²) in [6, 6.07) is 4.68. The molecule has 0 fully saturated rings. The molecule has 17 heavy (non-hydrogen) atoms. The lowest BCUT2D eigenvalue weighted by atomic mass is 10.2. The second-order valence-electron chi connectivity index (χ2n) is 3.76. The molecule has 0 unspecified atom stereocenters. The predicted molar refractivity (Wildman–Crippen MR) is 67.4 cm³/mol. The first-order valence-corrected chi connectivity index (χ1v) is 5.66. The molecule has 94 valence electrons. The number of halogens is 1. The van der Waals surface area contributed by atoms with E-state index in [4.69, 9.17) is 5.73 Å². The van der Waals surface area contributed by atoms with Crippen molar-refractivity contribution in [2.24, 2.45) is 0 Å². The Bertz CT molecular complexity index is 371. The molecule has 4 nitrogen and oxygen atoms in total. The fourth-order valence-electron chi connectivity index (χ4n) is 1.63. The second-order valence-corrected chi connectivity index (χ2v) is 3.76. The molecule has 1 rings (SSSR count). The molecular weight excluding hydrogens is 221 g/mol. The van der Waals surface area contributed by atoms with Gasteiger partial charge in [-0.3, -0.25) is 4.79 Å². The maximum Gasteiger partial charge on any atom is 0.207 e. The average molecular weight is 239 g/mol. The van der Waals surface area contributed by atoms with Crippen molar-refractivity contribution in [1.29, 1.82) is 0 Å². The van der Waals surface area contributed by atoms with Crippen LogP contribution in [0.4, 0.5) is 15.8 Å². The van der Waals surface area contributed by atoms with E-state index in [0.29, 0.717) is 19.5 Å². The Balaban J connectivity index is 2.73. The molecule has 0 bridgehead atoms. The van der Waals surface area contributed by atoms with Crippen LogP contribution in [0.15, 0.2) is 18.2 Å². The Kier molecular flexibility index (Phi) is 5.26. The van der Waals surface area contributed by atoms with E-state index in [0.717, 1.165) is 18.7 Å². The standard InChI is InChI=1S/C12H18FN3O/c1-2-6-16(7-5-15-9-17)10-3-4-11(13)12(14)8-10/h3-4,8-9H,2,5-7,14H2,1H3,(H,15,17). The highest BCUT2D eigenvalue weighted by atomic mass is 19.1. The number of nitrogen functional groups attached to an aromatic ring is 1. The van der Waals surface area contributed by atoms with Gasteiger partial charge in [0.1, 0.15) is 5.82 Å². The van der Waals surface area contributed by atoms with E-state index >= 15 is 0 Å². The number of rotatable bonds is 7. The fourth-order valence-corrected chi connectivity index (χ4v) is 1.63. The molecule has 0 heterocycles. The summed E-state index contributed by atoms with van der Waals surface area (Å²) in [5.41, 5.74) is 6.55. The maximum atomic E-state index is 13.1. The van der Waals surface area contributed by atoms with Crippen LogP contribution in [0.1, 0.15) is 13.3 Å². The van der Waals surface area contributed by atoms with Gasteiger partial charge in [-0.15, -0.1) is 0 Å². The number of nitrogens with two attached hydrogens (primary N) is 1. The zero-order valence-electron chi connectivity index (χ0n) is 9.95. The van der Waals surface area contributed by atoms with Crippen LogP contribution in [0, 0.1) is 5.82 Å². The number of hydrogen-bond donors (Lipinski definition) is 2. The molecule has 5 heteroatoms. The number of benzene rings is 1. The van der Waals surface area contributed by atoms with Crippen molar-refractivity contribution in [2.45, 2.75) is 13.3 Å². The van der Waals surface area contributed by atoms with Crippen molar-refractivity contribution in [3.8, 4) is 0 Å². The van der Waals surface area contributed by atoms with Gasteiger partial charge < -0.3 is 16.0 Å². The Labute approximate surface area is 101 Å². The fraction of sp³-hybridized carbons (Fsp3) is 0.417. The topological polar surface area (TPSA) is 58.4 Å². The number of hydrogen-bond acceptors (Lipinski definition) is 3. The number of carbonyl (C=O) groups is 1. The summed E-state index contributed by atoms with van der Waals surface area (Å²) in [7, 11) is 0. The van der Waals surface area contributed by atoms with E-state index in [9.17, 15) is 9.18 Å². The lowest BCUT2D eigenvalue weighted by Gasteiger charge is -2.24. The van der Waals surface area contributed by atoms with Gasteiger partial charge in [0.2, 0.25) is 6.41 Å². The first-order valence-electron chi connectivity index (χ1n) is 5.66. The molecule has 0 radical (unpaired) electrons. The molecule has 0 saturated heterocycles. The number of amides is 1. The summed E-state index contributed by atoms with van der Waals surface area (Å²) in [6.45, 7) is 4.14. The van der Waals surface area contributed by atoms with Gasteiger partial charge in [-0.25, -0.2) is 4.39 Å². The van der Waals surface area contributed by atoms with E-state index in [1.165, 1.54) is 6.07 Å². The van der Waals surface area contributed by atoms with E-state index in [2.05, 4.69) is 17.1 Å². The molecule has 0 saturated carbocycles. The quantitative estimate of drug-likeness (QED) is 0.429. The molecule has 0 aliphatic rings. The van der Waals surface area contributed by atoms with Gasteiger partial charge in [-0.2, -0.15) is 0 Å². The minimum absolute atomic E-state index is 0.145. The van der Waals surface area contributed by atoms with Gasteiger partial charge in [0.15, 0.2) is 0 Å². The third kappa shape index (κ3) is 3.94. The molecule has 1 amide bonds. The smallest absolute Gasteiger partial charge is 0.207 e. The van der Waals surface area contributed by atoms with Gasteiger partial charge in [0.05, 0.1) is 5.69 Å². The number of anilines is 2. The molecule has 0 atom stereocenters. The van der Waals surface area contributed by atoms with Gasteiger partial charge >= 0.3 is 0 Å². The Morgan fingerprint density at radius 3 is 2.82 bits per heavy atom. The number of nitrogens with zero attached hydrogens (tertiary/aromatic N) is 1. The summed E-state index contributed by atoms with van der Waals surface area (Å²) >= 11 is 0. The zero-order chi connectivity index (χ0) is 12.7. The van der Waals surface area contributed by atoms with Crippen LogP contribution in [-0.2, 0) is 4.79 Å². The highest BCUT2D eigenvalue weighted by Crippen LogP contribution is 2.20. The number of carbonyl (C=O) groups excluding carboxylic acids is 1. The third-order valence-corrected chi connectivity index (χ3v) is 2.45. The van der Waals surface area contributed by atoms with E-state index in [1.54, 1.807) is 12.1 Å². The predicted octanol–water partition coefficient (Wildman–Crippen LogP) is 1.37. The monoisotopic (exact) mass is 239 g/mol. The zero-order valence-corrected chi connectivity index (χ0v) is 9.95. The van der Waals surface area contributed by atoms with Gasteiger partial charge in [-0.1, -0.05) is 6.92 Å². The molecule has 0 spiro atoms. The first kappa shape index (κ1) is 13.3. The molecule has 3 N–H and O–H groups in total. The van der Waals surface area contributed by atoms with E-state index < -0.39 is 5.82 Å². The summed E-state index contributed by atoms with van der Waals surface area (Å²) in [4.78, 5) is 12.2. The van der Waals surface area contributed by atoms with Crippen LogP contribution >= 0.6 is 0 Å². The van der Waals surface area contributed by atoms with Gasteiger partial charge in [0, 0.05) is 25.3 Å². The lowest BCUT2D eigenvalue weighted by Crippen LogP contribution is -2.32. The summed E-state index contributed by atoms with van der Waals surface area (Å²) in [5.74, 6) is -0.406. The third-order valence-electron chi connectivity index (χ3n) is 2.45. The van der Waals surface area contributed by atoms with Crippen molar-refractivity contribution in [1.82, 2.24) is 5.32 Å². The summed E-state index contributed by atoms with van der Waals surface area (Å²) in [5, 5.41) is 2.61. The van der Waals surface area contributed by atoms with Crippen LogP contribution in [0.5, 0.6) is 0 Å². The normalized spacial score (nSPS) is 10.0. The Morgan fingerprint density at radius 2 is 2.24 bits per heavy atom.